The monoisotopic (exact) mass is 328 g/mol. The van der Waals surface area contributed by atoms with Crippen molar-refractivity contribution in [3.05, 3.63) is 53.8 Å². The Balaban J connectivity index is 2.05. The van der Waals surface area contributed by atoms with Gasteiger partial charge in [0, 0.05) is 22.2 Å². The maximum absolute atomic E-state index is 5.97. The van der Waals surface area contributed by atoms with Crippen molar-refractivity contribution in [1.82, 2.24) is 15.2 Å². The summed E-state index contributed by atoms with van der Waals surface area (Å²) in [4.78, 5) is 5.48. The molecule has 110 valence electrons. The Bertz CT molecular complexity index is 805. The SMILES string of the molecule is CSc1ccc(-c2cnc(N)c(-c3cc(Cl)cnn3)c2)cc1. The third-order valence-electron chi connectivity index (χ3n) is 3.24. The van der Waals surface area contributed by atoms with E-state index in [0.29, 0.717) is 16.5 Å². The van der Waals surface area contributed by atoms with Crippen molar-refractivity contribution in [2.24, 2.45) is 0 Å². The van der Waals surface area contributed by atoms with Crippen LogP contribution in [0.4, 0.5) is 5.82 Å². The van der Waals surface area contributed by atoms with Gasteiger partial charge in [0.05, 0.1) is 16.9 Å². The summed E-state index contributed by atoms with van der Waals surface area (Å²) in [5.74, 6) is 0.404. The summed E-state index contributed by atoms with van der Waals surface area (Å²) in [6, 6.07) is 12.0. The summed E-state index contributed by atoms with van der Waals surface area (Å²) in [6.45, 7) is 0. The Morgan fingerprint density at radius 1 is 1.05 bits per heavy atom. The van der Waals surface area contributed by atoms with Crippen molar-refractivity contribution in [2.75, 3.05) is 12.0 Å². The minimum absolute atomic E-state index is 0.404. The third-order valence-corrected chi connectivity index (χ3v) is 4.19. The fourth-order valence-corrected chi connectivity index (χ4v) is 2.65. The molecule has 4 nitrogen and oxygen atoms in total. The number of nitrogens with two attached hydrogens (primary N) is 1. The molecule has 0 aliphatic rings. The second-order valence-corrected chi connectivity index (χ2v) is 5.96. The van der Waals surface area contributed by atoms with Crippen molar-refractivity contribution in [2.45, 2.75) is 4.90 Å². The first-order valence-electron chi connectivity index (χ1n) is 6.56. The zero-order valence-electron chi connectivity index (χ0n) is 11.8. The normalized spacial score (nSPS) is 10.6. The first-order valence-corrected chi connectivity index (χ1v) is 8.16. The second kappa shape index (κ2) is 6.34. The largest absolute Gasteiger partial charge is 0.383 e. The molecule has 2 N–H and O–H groups in total. The Morgan fingerprint density at radius 2 is 1.82 bits per heavy atom. The van der Waals surface area contributed by atoms with E-state index in [1.54, 1.807) is 24.0 Å². The summed E-state index contributed by atoms with van der Waals surface area (Å²) in [7, 11) is 0. The van der Waals surface area contributed by atoms with Gasteiger partial charge in [0.25, 0.3) is 0 Å². The standard InChI is InChI=1S/C16H13ClN4S/c1-22-13-4-2-10(3-5-13)11-6-14(16(18)19-8-11)15-7-12(17)9-20-21-15/h2-9H,1H3,(H2,18,19). The van der Waals surface area contributed by atoms with Gasteiger partial charge in [-0.3, -0.25) is 0 Å². The van der Waals surface area contributed by atoms with E-state index in [9.17, 15) is 0 Å². The molecule has 3 rings (SSSR count). The molecule has 3 aromatic rings. The van der Waals surface area contributed by atoms with Crippen LogP contribution in [-0.4, -0.2) is 21.4 Å². The predicted octanol–water partition coefficient (Wildman–Crippen LogP) is 4.16. The Kier molecular flexibility index (Phi) is 4.27. The van der Waals surface area contributed by atoms with Crippen molar-refractivity contribution >= 4 is 29.2 Å². The topological polar surface area (TPSA) is 64.7 Å². The van der Waals surface area contributed by atoms with Gasteiger partial charge in [0.1, 0.15) is 5.82 Å². The zero-order valence-corrected chi connectivity index (χ0v) is 13.4. The molecule has 2 heterocycles. The molecule has 1 aromatic carbocycles. The lowest BCUT2D eigenvalue weighted by Gasteiger charge is -2.08. The molecule has 0 fully saturated rings. The highest BCUT2D eigenvalue weighted by Crippen LogP contribution is 2.30. The van der Waals surface area contributed by atoms with Gasteiger partial charge in [-0.25, -0.2) is 4.98 Å². The van der Waals surface area contributed by atoms with Crippen LogP contribution in [0.5, 0.6) is 0 Å². The average Bonchev–Trinajstić information content (AvgIpc) is 2.55. The first-order chi connectivity index (χ1) is 10.7. The molecule has 22 heavy (non-hydrogen) atoms. The predicted molar refractivity (Wildman–Crippen MR) is 91.9 cm³/mol. The quantitative estimate of drug-likeness (QED) is 0.731. The Labute approximate surface area is 137 Å². The highest BCUT2D eigenvalue weighted by Gasteiger charge is 2.09. The number of rotatable bonds is 3. The molecule has 0 amide bonds. The van der Waals surface area contributed by atoms with Gasteiger partial charge in [-0.05, 0) is 36.1 Å². The molecule has 0 saturated heterocycles. The minimum atomic E-state index is 0.404. The molecule has 0 atom stereocenters. The zero-order chi connectivity index (χ0) is 15.5. The maximum Gasteiger partial charge on any atom is 0.132 e. The summed E-state index contributed by atoms with van der Waals surface area (Å²) in [5, 5.41) is 8.45. The van der Waals surface area contributed by atoms with Crippen LogP contribution in [0.3, 0.4) is 0 Å². The van der Waals surface area contributed by atoms with Gasteiger partial charge in [0.15, 0.2) is 0 Å². The fourth-order valence-electron chi connectivity index (χ4n) is 2.10. The first kappa shape index (κ1) is 14.8. The van der Waals surface area contributed by atoms with Gasteiger partial charge in [-0.15, -0.1) is 11.8 Å². The number of halogens is 1. The van der Waals surface area contributed by atoms with Crippen LogP contribution in [-0.2, 0) is 0 Å². The van der Waals surface area contributed by atoms with E-state index in [2.05, 4.69) is 45.7 Å². The van der Waals surface area contributed by atoms with Crippen molar-refractivity contribution in [3.8, 4) is 22.4 Å². The Morgan fingerprint density at radius 3 is 2.50 bits per heavy atom. The van der Waals surface area contributed by atoms with Crippen molar-refractivity contribution < 1.29 is 0 Å². The van der Waals surface area contributed by atoms with E-state index >= 15 is 0 Å². The highest BCUT2D eigenvalue weighted by molar-refractivity contribution is 7.98. The third kappa shape index (κ3) is 3.05. The number of aromatic nitrogens is 3. The van der Waals surface area contributed by atoms with Crippen LogP contribution < -0.4 is 5.73 Å². The molecule has 0 unspecified atom stereocenters. The van der Waals surface area contributed by atoms with E-state index in [-0.39, 0.29) is 0 Å². The van der Waals surface area contributed by atoms with E-state index in [1.807, 2.05) is 6.07 Å². The van der Waals surface area contributed by atoms with E-state index in [1.165, 1.54) is 11.1 Å². The highest BCUT2D eigenvalue weighted by atomic mass is 35.5. The Hall–Kier alpha value is -2.11. The van der Waals surface area contributed by atoms with Crippen LogP contribution >= 0.6 is 23.4 Å². The van der Waals surface area contributed by atoms with Crippen LogP contribution in [0.2, 0.25) is 5.02 Å². The van der Waals surface area contributed by atoms with Gasteiger partial charge < -0.3 is 5.73 Å². The smallest absolute Gasteiger partial charge is 0.132 e. The lowest BCUT2D eigenvalue weighted by atomic mass is 10.0. The fraction of sp³-hybridized carbons (Fsp3) is 0.0625. The minimum Gasteiger partial charge on any atom is -0.383 e. The molecule has 0 aliphatic carbocycles. The van der Waals surface area contributed by atoms with Crippen molar-refractivity contribution in [1.29, 1.82) is 0 Å². The number of anilines is 1. The molecule has 0 radical (unpaired) electrons. The summed E-state index contributed by atoms with van der Waals surface area (Å²) < 4.78 is 0. The summed E-state index contributed by atoms with van der Waals surface area (Å²) in [5.41, 5.74) is 9.35. The van der Waals surface area contributed by atoms with E-state index < -0.39 is 0 Å². The lowest BCUT2D eigenvalue weighted by molar-refractivity contribution is 1.04. The molecule has 6 heteroatoms. The summed E-state index contributed by atoms with van der Waals surface area (Å²) in [6.07, 6.45) is 5.29. The number of hydrogen-bond acceptors (Lipinski definition) is 5. The van der Waals surface area contributed by atoms with Crippen LogP contribution in [0.15, 0.2) is 53.7 Å². The van der Waals surface area contributed by atoms with Crippen LogP contribution in [0.25, 0.3) is 22.4 Å². The number of hydrogen-bond donors (Lipinski definition) is 1. The summed E-state index contributed by atoms with van der Waals surface area (Å²) >= 11 is 7.68. The second-order valence-electron chi connectivity index (χ2n) is 4.64. The van der Waals surface area contributed by atoms with Gasteiger partial charge in [-0.1, -0.05) is 23.7 Å². The molecule has 0 bridgehead atoms. The molecule has 2 aromatic heterocycles. The van der Waals surface area contributed by atoms with Gasteiger partial charge in [0.2, 0.25) is 0 Å². The molecule has 0 spiro atoms. The average molecular weight is 329 g/mol. The number of benzene rings is 1. The molecule has 0 saturated carbocycles. The number of nitrogens with zero attached hydrogens (tertiary/aromatic N) is 3. The van der Waals surface area contributed by atoms with Crippen LogP contribution in [0.1, 0.15) is 0 Å². The van der Waals surface area contributed by atoms with E-state index in [4.69, 9.17) is 17.3 Å². The lowest BCUT2D eigenvalue weighted by Crippen LogP contribution is -1.97. The number of pyridine rings is 1. The van der Waals surface area contributed by atoms with Crippen molar-refractivity contribution in [3.63, 3.8) is 0 Å². The van der Waals surface area contributed by atoms with Crippen LogP contribution in [0, 0.1) is 0 Å². The van der Waals surface area contributed by atoms with E-state index in [0.717, 1.165) is 16.7 Å². The molecular formula is C16H13ClN4S. The number of thioether (sulfide) groups is 1. The number of nitrogen functional groups attached to an aromatic ring is 1. The van der Waals surface area contributed by atoms with Gasteiger partial charge >= 0.3 is 0 Å². The maximum atomic E-state index is 5.97. The molecular weight excluding hydrogens is 316 g/mol. The van der Waals surface area contributed by atoms with Gasteiger partial charge in [-0.2, -0.15) is 10.2 Å². The molecule has 0 aliphatic heterocycles.